The molecule has 0 aliphatic carbocycles. The van der Waals surface area contributed by atoms with Gasteiger partial charge in [0.2, 0.25) is 0 Å². The summed E-state index contributed by atoms with van der Waals surface area (Å²) in [5.74, 6) is 7.01. The van der Waals surface area contributed by atoms with Crippen LogP contribution in [0.2, 0.25) is 0 Å². The van der Waals surface area contributed by atoms with E-state index in [2.05, 4.69) is 48.2 Å². The number of nitrogens with one attached hydrogen (secondary N) is 3. The third kappa shape index (κ3) is 4.96. The van der Waals surface area contributed by atoms with E-state index in [-0.39, 0.29) is 0 Å². The molecule has 0 unspecified atom stereocenters. The Hall–Kier alpha value is -4.71. The second kappa shape index (κ2) is 8.99. The van der Waals surface area contributed by atoms with Crippen LogP contribution in [0.4, 0.5) is 16.3 Å². The molecule has 30 heavy (non-hydrogen) atoms. The molecule has 0 bridgehead atoms. The lowest BCUT2D eigenvalue weighted by Gasteiger charge is -2.09. The van der Waals surface area contributed by atoms with Crippen molar-refractivity contribution in [3.8, 4) is 17.7 Å². The quantitative estimate of drug-likeness (QED) is 0.361. The van der Waals surface area contributed by atoms with Gasteiger partial charge in [0.05, 0.1) is 0 Å². The van der Waals surface area contributed by atoms with Crippen molar-refractivity contribution in [2.45, 2.75) is 0 Å². The molecule has 0 aliphatic rings. The maximum absolute atomic E-state index is 12.1. The highest BCUT2D eigenvalue weighted by Gasteiger charge is 2.04. The molecule has 9 nitrogen and oxygen atoms in total. The first kappa shape index (κ1) is 18.6. The Bertz CT molecular complexity index is 1180. The van der Waals surface area contributed by atoms with E-state index in [0.717, 1.165) is 5.56 Å². The van der Waals surface area contributed by atoms with Crippen molar-refractivity contribution < 1.29 is 4.79 Å². The number of anilines is 2. The van der Waals surface area contributed by atoms with Gasteiger partial charge in [0.15, 0.2) is 11.6 Å². The van der Waals surface area contributed by atoms with Crippen molar-refractivity contribution >= 4 is 17.5 Å². The standard InChI is InChI=1S/C21H16N8O/c30-21(28-26-19-9-10-20(27-25-19)29-13-12-22-15-29)24-18-6-3-4-16(14-18)7-8-17-5-1-2-11-23-17/h1-6,9-15H,(H,25,26)(H2,24,28,30). The fourth-order valence-electron chi connectivity index (χ4n) is 2.45. The van der Waals surface area contributed by atoms with Crippen LogP contribution in [-0.4, -0.2) is 30.8 Å². The number of benzene rings is 1. The summed E-state index contributed by atoms with van der Waals surface area (Å²) in [6, 6.07) is 15.7. The average Bonchev–Trinajstić information content (AvgIpc) is 3.33. The molecule has 1 aromatic carbocycles. The first-order valence-corrected chi connectivity index (χ1v) is 8.94. The molecule has 3 heterocycles. The number of pyridine rings is 1. The lowest BCUT2D eigenvalue weighted by molar-refractivity contribution is 0.254. The molecule has 3 aromatic heterocycles. The molecule has 0 radical (unpaired) electrons. The van der Waals surface area contributed by atoms with E-state index in [1.165, 1.54) is 0 Å². The molecule has 9 heteroatoms. The van der Waals surface area contributed by atoms with Crippen molar-refractivity contribution in [2.24, 2.45) is 0 Å². The van der Waals surface area contributed by atoms with Crippen LogP contribution in [0.3, 0.4) is 0 Å². The molecule has 0 aliphatic heterocycles. The molecule has 4 rings (SSSR count). The van der Waals surface area contributed by atoms with Crippen molar-refractivity contribution in [1.82, 2.24) is 30.2 Å². The van der Waals surface area contributed by atoms with Gasteiger partial charge in [-0.15, -0.1) is 10.2 Å². The Morgan fingerprint density at radius 3 is 2.70 bits per heavy atom. The number of hydrogen-bond acceptors (Lipinski definition) is 6. The van der Waals surface area contributed by atoms with Crippen LogP contribution in [0, 0.1) is 11.8 Å². The summed E-state index contributed by atoms with van der Waals surface area (Å²) in [5.41, 5.74) is 7.25. The minimum atomic E-state index is -0.453. The number of amides is 2. The molecular weight excluding hydrogens is 380 g/mol. The van der Waals surface area contributed by atoms with Gasteiger partial charge in [0.1, 0.15) is 12.0 Å². The Labute approximate surface area is 172 Å². The molecule has 0 saturated carbocycles. The normalized spacial score (nSPS) is 9.87. The fourth-order valence-corrected chi connectivity index (χ4v) is 2.45. The van der Waals surface area contributed by atoms with Gasteiger partial charge in [-0.1, -0.05) is 18.1 Å². The Balaban J connectivity index is 1.32. The van der Waals surface area contributed by atoms with Crippen molar-refractivity contribution in [3.05, 3.63) is 90.8 Å². The first-order chi connectivity index (χ1) is 14.8. The summed E-state index contributed by atoms with van der Waals surface area (Å²) < 4.78 is 1.72. The number of rotatable bonds is 4. The van der Waals surface area contributed by atoms with Crippen LogP contribution in [-0.2, 0) is 0 Å². The minimum Gasteiger partial charge on any atom is -0.307 e. The predicted octanol–water partition coefficient (Wildman–Crippen LogP) is 2.61. The highest BCUT2D eigenvalue weighted by atomic mass is 16.2. The van der Waals surface area contributed by atoms with Gasteiger partial charge in [-0.3, -0.25) is 9.99 Å². The number of urea groups is 1. The van der Waals surface area contributed by atoms with Crippen LogP contribution in [0.5, 0.6) is 0 Å². The summed E-state index contributed by atoms with van der Waals surface area (Å²) in [7, 11) is 0. The maximum atomic E-state index is 12.1. The van der Waals surface area contributed by atoms with Crippen molar-refractivity contribution in [1.29, 1.82) is 0 Å². The number of hydrogen-bond donors (Lipinski definition) is 3. The van der Waals surface area contributed by atoms with Gasteiger partial charge in [-0.25, -0.2) is 20.2 Å². The van der Waals surface area contributed by atoms with Crippen LogP contribution in [0.25, 0.3) is 5.82 Å². The lowest BCUT2D eigenvalue weighted by atomic mass is 10.2. The van der Waals surface area contributed by atoms with Gasteiger partial charge < -0.3 is 5.32 Å². The molecule has 0 spiro atoms. The molecule has 3 N–H and O–H groups in total. The third-order valence-electron chi connectivity index (χ3n) is 3.84. The van der Waals surface area contributed by atoms with Crippen LogP contribution in [0.15, 0.2) is 79.5 Å². The van der Waals surface area contributed by atoms with E-state index in [4.69, 9.17) is 0 Å². The van der Waals surface area contributed by atoms with Crippen LogP contribution < -0.4 is 16.2 Å². The number of hydrazine groups is 1. The zero-order chi connectivity index (χ0) is 20.6. The number of carbonyl (C=O) groups excluding carboxylic acids is 1. The molecule has 0 atom stereocenters. The number of aromatic nitrogens is 5. The largest absolute Gasteiger partial charge is 0.337 e. The van der Waals surface area contributed by atoms with E-state index in [1.54, 1.807) is 53.8 Å². The molecule has 4 aromatic rings. The topological polar surface area (TPSA) is 110 Å². The van der Waals surface area contributed by atoms with Gasteiger partial charge >= 0.3 is 6.03 Å². The van der Waals surface area contributed by atoms with Gasteiger partial charge in [0, 0.05) is 29.8 Å². The number of imidazole rings is 1. The average molecular weight is 396 g/mol. The molecule has 146 valence electrons. The van der Waals surface area contributed by atoms with E-state index >= 15 is 0 Å². The smallest absolute Gasteiger partial charge is 0.307 e. The van der Waals surface area contributed by atoms with Gasteiger partial charge in [-0.2, -0.15) is 0 Å². The summed E-state index contributed by atoms with van der Waals surface area (Å²) in [6.07, 6.45) is 6.73. The number of carbonyl (C=O) groups is 1. The summed E-state index contributed by atoms with van der Waals surface area (Å²) in [4.78, 5) is 20.3. The summed E-state index contributed by atoms with van der Waals surface area (Å²) in [5, 5.41) is 10.8. The monoisotopic (exact) mass is 396 g/mol. The van der Waals surface area contributed by atoms with E-state index < -0.39 is 6.03 Å². The summed E-state index contributed by atoms with van der Waals surface area (Å²) >= 11 is 0. The SMILES string of the molecule is O=C(NNc1ccc(-n2ccnc2)nn1)Nc1cccc(C#Cc2ccccn2)c1. The third-order valence-corrected chi connectivity index (χ3v) is 3.84. The van der Waals surface area contributed by atoms with Gasteiger partial charge in [0.25, 0.3) is 0 Å². The van der Waals surface area contributed by atoms with Gasteiger partial charge in [-0.05, 0) is 48.4 Å². The van der Waals surface area contributed by atoms with E-state index in [0.29, 0.717) is 23.0 Å². The fraction of sp³-hybridized carbons (Fsp3) is 0. The van der Waals surface area contributed by atoms with Crippen molar-refractivity contribution in [3.63, 3.8) is 0 Å². The zero-order valence-corrected chi connectivity index (χ0v) is 15.6. The zero-order valence-electron chi connectivity index (χ0n) is 15.6. The molecule has 2 amide bonds. The number of nitrogens with zero attached hydrogens (tertiary/aromatic N) is 5. The highest BCUT2D eigenvalue weighted by molar-refractivity contribution is 5.90. The van der Waals surface area contributed by atoms with E-state index in [9.17, 15) is 4.79 Å². The Morgan fingerprint density at radius 2 is 1.93 bits per heavy atom. The first-order valence-electron chi connectivity index (χ1n) is 8.94. The lowest BCUT2D eigenvalue weighted by Crippen LogP contribution is -2.34. The Morgan fingerprint density at radius 1 is 0.967 bits per heavy atom. The molecule has 0 saturated heterocycles. The van der Waals surface area contributed by atoms with Crippen LogP contribution >= 0.6 is 0 Å². The maximum Gasteiger partial charge on any atom is 0.337 e. The highest BCUT2D eigenvalue weighted by Crippen LogP contribution is 2.10. The molecule has 0 fully saturated rings. The second-order valence-corrected chi connectivity index (χ2v) is 6.00. The van der Waals surface area contributed by atoms with Crippen LogP contribution in [0.1, 0.15) is 11.3 Å². The van der Waals surface area contributed by atoms with E-state index in [1.807, 2.05) is 30.3 Å². The molecular formula is C21H16N8O. The van der Waals surface area contributed by atoms with Crippen molar-refractivity contribution in [2.75, 3.05) is 10.7 Å². The summed E-state index contributed by atoms with van der Waals surface area (Å²) in [6.45, 7) is 0. The second-order valence-electron chi connectivity index (χ2n) is 6.00. The Kier molecular flexibility index (Phi) is 5.58. The predicted molar refractivity (Wildman–Crippen MR) is 112 cm³/mol. The minimum absolute atomic E-state index is 0.393.